The summed E-state index contributed by atoms with van der Waals surface area (Å²) in [5.74, 6) is -1.28. The highest BCUT2D eigenvalue weighted by Gasteiger charge is 2.27. The number of nitrogens with zero attached hydrogens (tertiary/aromatic N) is 3. The van der Waals surface area contributed by atoms with Gasteiger partial charge in [0.2, 0.25) is 0 Å². The fourth-order valence-corrected chi connectivity index (χ4v) is 2.22. The number of hydrogen-bond donors (Lipinski definition) is 2. The highest BCUT2D eigenvalue weighted by atomic mass is 16.4. The average molecular weight is 266 g/mol. The van der Waals surface area contributed by atoms with Gasteiger partial charge in [0.05, 0.1) is 18.2 Å². The van der Waals surface area contributed by atoms with Crippen molar-refractivity contribution in [2.45, 2.75) is 19.4 Å². The van der Waals surface area contributed by atoms with Gasteiger partial charge in [0.25, 0.3) is 0 Å². The Kier molecular flexibility index (Phi) is 4.03. The minimum atomic E-state index is -0.830. The van der Waals surface area contributed by atoms with E-state index in [2.05, 4.69) is 10.4 Å². The summed E-state index contributed by atoms with van der Waals surface area (Å²) in [6.45, 7) is 1.29. The maximum Gasteiger partial charge on any atom is 0.317 e. The highest BCUT2D eigenvalue weighted by molar-refractivity contribution is 5.76. The molecular weight excluding hydrogens is 248 g/mol. The quantitative estimate of drug-likeness (QED) is 0.830. The molecule has 0 unspecified atom stereocenters. The van der Waals surface area contributed by atoms with E-state index in [1.807, 2.05) is 13.1 Å². The van der Waals surface area contributed by atoms with Gasteiger partial charge in [-0.3, -0.25) is 9.48 Å². The van der Waals surface area contributed by atoms with Gasteiger partial charge >= 0.3 is 12.0 Å². The molecule has 0 saturated carbocycles. The first-order valence-corrected chi connectivity index (χ1v) is 6.30. The van der Waals surface area contributed by atoms with Crippen molar-refractivity contribution >= 4 is 12.0 Å². The number of carboxylic acid groups (broad SMARTS) is 1. The molecule has 1 saturated heterocycles. The lowest BCUT2D eigenvalue weighted by molar-refractivity contribution is -0.143. The molecule has 0 radical (unpaired) electrons. The monoisotopic (exact) mass is 266 g/mol. The normalized spacial score (nSPS) is 19.2. The molecule has 0 aromatic carbocycles. The molecule has 2 amide bonds. The first kappa shape index (κ1) is 13.4. The largest absolute Gasteiger partial charge is 0.481 e. The van der Waals surface area contributed by atoms with E-state index in [1.54, 1.807) is 15.8 Å². The number of aromatic nitrogens is 2. The van der Waals surface area contributed by atoms with Crippen molar-refractivity contribution in [1.82, 2.24) is 20.0 Å². The number of nitrogens with one attached hydrogen (secondary N) is 1. The zero-order valence-electron chi connectivity index (χ0n) is 10.9. The fourth-order valence-electron chi connectivity index (χ4n) is 2.22. The molecule has 0 spiro atoms. The summed E-state index contributed by atoms with van der Waals surface area (Å²) in [4.78, 5) is 24.5. The molecule has 1 atom stereocenters. The summed E-state index contributed by atoms with van der Waals surface area (Å²) in [5.41, 5.74) is 0.903. The molecule has 1 aliphatic rings. The first-order valence-electron chi connectivity index (χ1n) is 6.30. The number of rotatable bonds is 3. The third kappa shape index (κ3) is 3.24. The second-order valence-electron chi connectivity index (χ2n) is 4.73. The molecule has 2 heterocycles. The molecule has 104 valence electrons. The molecule has 0 bridgehead atoms. The molecule has 1 aliphatic heterocycles. The van der Waals surface area contributed by atoms with E-state index in [1.165, 1.54) is 0 Å². The van der Waals surface area contributed by atoms with Crippen molar-refractivity contribution in [3.05, 3.63) is 18.0 Å². The molecule has 7 heteroatoms. The summed E-state index contributed by atoms with van der Waals surface area (Å²) in [6.07, 6.45) is 3.04. The SMILES string of the molecule is Cn1nccc1CNC(=O)N1CCC[C@H](C(=O)O)C1. The van der Waals surface area contributed by atoms with Gasteiger partial charge in [-0.15, -0.1) is 0 Å². The maximum atomic E-state index is 12.0. The van der Waals surface area contributed by atoms with Gasteiger partial charge in [-0.05, 0) is 18.9 Å². The van der Waals surface area contributed by atoms with Crippen LogP contribution in [0.2, 0.25) is 0 Å². The van der Waals surface area contributed by atoms with Crippen LogP contribution in [0.3, 0.4) is 0 Å². The van der Waals surface area contributed by atoms with Gasteiger partial charge < -0.3 is 15.3 Å². The third-order valence-electron chi connectivity index (χ3n) is 3.40. The first-order chi connectivity index (χ1) is 9.08. The van der Waals surface area contributed by atoms with Crippen molar-refractivity contribution < 1.29 is 14.7 Å². The van der Waals surface area contributed by atoms with Gasteiger partial charge in [0.1, 0.15) is 0 Å². The van der Waals surface area contributed by atoms with Gasteiger partial charge in [-0.1, -0.05) is 0 Å². The van der Waals surface area contributed by atoms with E-state index in [0.29, 0.717) is 19.5 Å². The van der Waals surface area contributed by atoms with Crippen molar-refractivity contribution in [1.29, 1.82) is 0 Å². The molecular formula is C12H18N4O3. The summed E-state index contributed by atoms with van der Waals surface area (Å²) in [5, 5.41) is 15.8. The van der Waals surface area contributed by atoms with E-state index in [9.17, 15) is 9.59 Å². The lowest BCUT2D eigenvalue weighted by Gasteiger charge is -2.30. The fraction of sp³-hybridized carbons (Fsp3) is 0.583. The molecule has 2 N–H and O–H groups in total. The summed E-state index contributed by atoms with van der Waals surface area (Å²) in [7, 11) is 1.81. The number of aliphatic carboxylic acids is 1. The van der Waals surface area contributed by atoms with Gasteiger partial charge in [0, 0.05) is 26.3 Å². The zero-order chi connectivity index (χ0) is 13.8. The number of carbonyl (C=O) groups excluding carboxylic acids is 1. The molecule has 1 fully saturated rings. The molecule has 2 rings (SSSR count). The van der Waals surface area contributed by atoms with Gasteiger partial charge in [-0.2, -0.15) is 5.10 Å². The molecule has 1 aromatic rings. The van der Waals surface area contributed by atoms with Crippen LogP contribution in [-0.2, 0) is 18.4 Å². The average Bonchev–Trinajstić information content (AvgIpc) is 2.81. The standard InChI is InChI=1S/C12H18N4O3/c1-15-10(4-5-14-15)7-13-12(19)16-6-2-3-9(8-16)11(17)18/h4-5,9H,2-3,6-8H2,1H3,(H,13,19)(H,17,18)/t9-/m0/s1. The number of hydrogen-bond acceptors (Lipinski definition) is 3. The second kappa shape index (κ2) is 5.73. The molecule has 19 heavy (non-hydrogen) atoms. The summed E-state index contributed by atoms with van der Waals surface area (Å²) < 4.78 is 1.69. The number of likely N-dealkylation sites (tertiary alicyclic amines) is 1. The van der Waals surface area contributed by atoms with E-state index in [-0.39, 0.29) is 12.6 Å². The van der Waals surface area contributed by atoms with E-state index >= 15 is 0 Å². The van der Waals surface area contributed by atoms with E-state index < -0.39 is 11.9 Å². The number of urea groups is 1. The lowest BCUT2D eigenvalue weighted by atomic mass is 9.99. The molecule has 0 aliphatic carbocycles. The Morgan fingerprint density at radius 3 is 3.00 bits per heavy atom. The number of carbonyl (C=O) groups is 2. The Hall–Kier alpha value is -2.05. The topological polar surface area (TPSA) is 87.5 Å². The predicted molar refractivity (Wildman–Crippen MR) is 67.4 cm³/mol. The van der Waals surface area contributed by atoms with Crippen LogP contribution < -0.4 is 5.32 Å². The van der Waals surface area contributed by atoms with Crippen molar-refractivity contribution in [3.63, 3.8) is 0 Å². The van der Waals surface area contributed by atoms with Crippen molar-refractivity contribution in [2.24, 2.45) is 13.0 Å². The number of amides is 2. The Balaban J connectivity index is 1.86. The Labute approximate surface area is 111 Å². The van der Waals surface area contributed by atoms with Crippen molar-refractivity contribution in [3.8, 4) is 0 Å². The molecule has 1 aromatic heterocycles. The third-order valence-corrected chi connectivity index (χ3v) is 3.40. The Morgan fingerprint density at radius 2 is 2.37 bits per heavy atom. The zero-order valence-corrected chi connectivity index (χ0v) is 10.9. The van der Waals surface area contributed by atoms with Gasteiger partial charge in [0.15, 0.2) is 0 Å². The number of piperidine rings is 1. The Morgan fingerprint density at radius 1 is 1.58 bits per heavy atom. The lowest BCUT2D eigenvalue weighted by Crippen LogP contribution is -2.46. The van der Waals surface area contributed by atoms with Crippen LogP contribution in [0.4, 0.5) is 4.79 Å². The van der Waals surface area contributed by atoms with Crippen LogP contribution >= 0.6 is 0 Å². The number of aryl methyl sites for hydroxylation is 1. The van der Waals surface area contributed by atoms with Gasteiger partial charge in [-0.25, -0.2) is 4.79 Å². The van der Waals surface area contributed by atoms with Crippen LogP contribution in [0, 0.1) is 5.92 Å². The number of carboxylic acids is 1. The Bertz CT molecular complexity index is 471. The van der Waals surface area contributed by atoms with Crippen LogP contribution in [-0.4, -0.2) is 44.9 Å². The van der Waals surface area contributed by atoms with Crippen LogP contribution in [0.15, 0.2) is 12.3 Å². The smallest absolute Gasteiger partial charge is 0.317 e. The van der Waals surface area contributed by atoms with Crippen LogP contribution in [0.5, 0.6) is 0 Å². The highest BCUT2D eigenvalue weighted by Crippen LogP contribution is 2.16. The summed E-state index contributed by atoms with van der Waals surface area (Å²) >= 11 is 0. The molecule has 7 nitrogen and oxygen atoms in total. The predicted octanol–water partition coefficient (Wildman–Crippen LogP) is 0.426. The summed E-state index contributed by atoms with van der Waals surface area (Å²) in [6, 6.07) is 1.61. The van der Waals surface area contributed by atoms with Crippen LogP contribution in [0.1, 0.15) is 18.5 Å². The van der Waals surface area contributed by atoms with E-state index in [0.717, 1.165) is 12.1 Å². The maximum absolute atomic E-state index is 12.0. The van der Waals surface area contributed by atoms with Crippen molar-refractivity contribution in [2.75, 3.05) is 13.1 Å². The second-order valence-corrected chi connectivity index (χ2v) is 4.73. The minimum Gasteiger partial charge on any atom is -0.481 e. The van der Waals surface area contributed by atoms with E-state index in [4.69, 9.17) is 5.11 Å². The minimum absolute atomic E-state index is 0.216. The van der Waals surface area contributed by atoms with Crippen LogP contribution in [0.25, 0.3) is 0 Å².